The summed E-state index contributed by atoms with van der Waals surface area (Å²) in [6.07, 6.45) is 5.31. The molecule has 1 aromatic rings. The van der Waals surface area contributed by atoms with Crippen LogP contribution in [0.15, 0.2) is 18.2 Å². The smallest absolute Gasteiger partial charge is 0.137 e. The molecule has 1 aromatic carbocycles. The van der Waals surface area contributed by atoms with Crippen molar-refractivity contribution in [3.8, 4) is 0 Å². The van der Waals surface area contributed by atoms with Gasteiger partial charge in [0, 0.05) is 29.5 Å². The number of hydrogen-bond acceptors (Lipinski definition) is 2. The fourth-order valence-corrected chi connectivity index (χ4v) is 2.87. The van der Waals surface area contributed by atoms with Gasteiger partial charge in [0.05, 0.1) is 6.10 Å². The van der Waals surface area contributed by atoms with E-state index < -0.39 is 0 Å². The van der Waals surface area contributed by atoms with Gasteiger partial charge in [0.25, 0.3) is 0 Å². The van der Waals surface area contributed by atoms with E-state index in [1.54, 1.807) is 18.2 Å². The molecule has 0 amide bonds. The number of Topliss-reactive ketones (excluding diaryl/α,β-unsaturated/α-hetero) is 1. The van der Waals surface area contributed by atoms with Crippen LogP contribution < -0.4 is 0 Å². The van der Waals surface area contributed by atoms with E-state index >= 15 is 0 Å². The first-order valence-corrected chi connectivity index (χ1v) is 7.48. The standard InChI is InChI=1S/C15H18Cl2O2/c16-14-5-3-6-15(17)13(14)10-11(18)7-8-12-4-1-2-9-19-12/h3,5-6,12H,1-2,4,7-10H2. The summed E-state index contributed by atoms with van der Waals surface area (Å²) in [5, 5.41) is 1.13. The molecule has 1 fully saturated rings. The highest BCUT2D eigenvalue weighted by Gasteiger charge is 2.16. The Bertz CT molecular complexity index is 420. The van der Waals surface area contributed by atoms with Crippen LogP contribution in [-0.2, 0) is 16.0 Å². The Morgan fingerprint density at radius 3 is 2.63 bits per heavy atom. The zero-order chi connectivity index (χ0) is 13.7. The maximum Gasteiger partial charge on any atom is 0.137 e. The van der Waals surface area contributed by atoms with Gasteiger partial charge in [-0.2, -0.15) is 0 Å². The molecule has 1 saturated heterocycles. The van der Waals surface area contributed by atoms with Crippen molar-refractivity contribution >= 4 is 29.0 Å². The summed E-state index contributed by atoms with van der Waals surface area (Å²) in [6, 6.07) is 5.31. The average Bonchev–Trinajstić information content (AvgIpc) is 2.42. The van der Waals surface area contributed by atoms with Gasteiger partial charge in [0.1, 0.15) is 5.78 Å². The third kappa shape index (κ3) is 4.48. The predicted molar refractivity (Wildman–Crippen MR) is 78.0 cm³/mol. The van der Waals surface area contributed by atoms with E-state index in [-0.39, 0.29) is 11.9 Å². The minimum Gasteiger partial charge on any atom is -0.378 e. The number of rotatable bonds is 5. The fourth-order valence-electron chi connectivity index (χ4n) is 2.34. The lowest BCUT2D eigenvalue weighted by molar-refractivity contribution is -0.119. The maximum atomic E-state index is 12.0. The van der Waals surface area contributed by atoms with Crippen molar-refractivity contribution in [3.63, 3.8) is 0 Å². The van der Waals surface area contributed by atoms with Gasteiger partial charge in [-0.15, -0.1) is 0 Å². The maximum absolute atomic E-state index is 12.0. The van der Waals surface area contributed by atoms with Gasteiger partial charge < -0.3 is 4.74 Å². The van der Waals surface area contributed by atoms with E-state index in [9.17, 15) is 4.79 Å². The molecule has 0 spiro atoms. The Morgan fingerprint density at radius 2 is 2.00 bits per heavy atom. The Hall–Kier alpha value is -0.570. The second kappa shape index (κ2) is 7.28. The van der Waals surface area contributed by atoms with E-state index in [2.05, 4.69) is 0 Å². The third-order valence-electron chi connectivity index (χ3n) is 3.45. The molecule has 2 nitrogen and oxygen atoms in total. The summed E-state index contributed by atoms with van der Waals surface area (Å²) >= 11 is 12.1. The minimum absolute atomic E-state index is 0.171. The summed E-state index contributed by atoms with van der Waals surface area (Å²) in [5.41, 5.74) is 0.736. The molecule has 1 heterocycles. The van der Waals surface area contributed by atoms with Gasteiger partial charge >= 0.3 is 0 Å². The number of benzene rings is 1. The summed E-state index contributed by atoms with van der Waals surface area (Å²) in [5.74, 6) is 0.171. The zero-order valence-corrected chi connectivity index (χ0v) is 12.3. The van der Waals surface area contributed by atoms with E-state index in [1.807, 2.05) is 0 Å². The zero-order valence-electron chi connectivity index (χ0n) is 10.8. The minimum atomic E-state index is 0.171. The Balaban J connectivity index is 1.83. The summed E-state index contributed by atoms with van der Waals surface area (Å²) in [6.45, 7) is 0.829. The van der Waals surface area contributed by atoms with Crippen LogP contribution in [0, 0.1) is 0 Å². The van der Waals surface area contributed by atoms with E-state index in [0.717, 1.165) is 31.4 Å². The Kier molecular flexibility index (Phi) is 5.68. The molecule has 0 bridgehead atoms. The summed E-state index contributed by atoms with van der Waals surface area (Å²) < 4.78 is 5.62. The first-order valence-electron chi connectivity index (χ1n) is 6.73. The van der Waals surface area contributed by atoms with Crippen molar-refractivity contribution in [1.82, 2.24) is 0 Å². The van der Waals surface area contributed by atoms with E-state index in [0.29, 0.717) is 22.9 Å². The SMILES string of the molecule is O=C(CCC1CCCCO1)Cc1c(Cl)cccc1Cl. The average molecular weight is 301 g/mol. The molecule has 4 heteroatoms. The van der Waals surface area contributed by atoms with Crippen molar-refractivity contribution in [2.75, 3.05) is 6.61 Å². The molecule has 1 atom stereocenters. The molecule has 2 rings (SSSR count). The van der Waals surface area contributed by atoms with Gasteiger partial charge in [0.15, 0.2) is 0 Å². The molecule has 1 unspecified atom stereocenters. The predicted octanol–water partition coefficient (Wildman–Crippen LogP) is 4.45. The molecule has 0 radical (unpaired) electrons. The largest absolute Gasteiger partial charge is 0.378 e. The fraction of sp³-hybridized carbons (Fsp3) is 0.533. The van der Waals surface area contributed by atoms with Gasteiger partial charge in [-0.25, -0.2) is 0 Å². The lowest BCUT2D eigenvalue weighted by Crippen LogP contribution is -2.20. The van der Waals surface area contributed by atoms with Crippen molar-refractivity contribution in [2.45, 2.75) is 44.6 Å². The topological polar surface area (TPSA) is 26.3 Å². The number of ether oxygens (including phenoxy) is 1. The van der Waals surface area contributed by atoms with Gasteiger partial charge in [-0.1, -0.05) is 29.3 Å². The second-order valence-electron chi connectivity index (χ2n) is 4.94. The van der Waals surface area contributed by atoms with Crippen molar-refractivity contribution in [3.05, 3.63) is 33.8 Å². The van der Waals surface area contributed by atoms with Crippen molar-refractivity contribution in [2.24, 2.45) is 0 Å². The summed E-state index contributed by atoms with van der Waals surface area (Å²) in [7, 11) is 0. The van der Waals surface area contributed by atoms with Crippen LogP contribution in [-0.4, -0.2) is 18.5 Å². The molecule has 1 aliphatic heterocycles. The Morgan fingerprint density at radius 1 is 1.26 bits per heavy atom. The molecule has 0 aromatic heterocycles. The van der Waals surface area contributed by atoms with Crippen LogP contribution in [0.2, 0.25) is 10.0 Å². The number of halogens is 2. The first-order chi connectivity index (χ1) is 9.16. The van der Waals surface area contributed by atoms with Crippen LogP contribution >= 0.6 is 23.2 Å². The highest BCUT2D eigenvalue weighted by molar-refractivity contribution is 6.36. The quantitative estimate of drug-likeness (QED) is 0.803. The molecular formula is C15H18Cl2O2. The van der Waals surface area contributed by atoms with Crippen LogP contribution in [0.4, 0.5) is 0 Å². The van der Waals surface area contributed by atoms with Crippen molar-refractivity contribution < 1.29 is 9.53 Å². The number of carbonyl (C=O) groups is 1. The van der Waals surface area contributed by atoms with Crippen molar-refractivity contribution in [1.29, 1.82) is 0 Å². The van der Waals surface area contributed by atoms with E-state index in [4.69, 9.17) is 27.9 Å². The Labute approximate surface area is 124 Å². The molecular weight excluding hydrogens is 283 g/mol. The van der Waals surface area contributed by atoms with Crippen LogP contribution in [0.5, 0.6) is 0 Å². The lowest BCUT2D eigenvalue weighted by atomic mass is 10.0. The van der Waals surface area contributed by atoms with Crippen LogP contribution in [0.1, 0.15) is 37.7 Å². The first kappa shape index (κ1) is 14.8. The van der Waals surface area contributed by atoms with Gasteiger partial charge in [-0.3, -0.25) is 4.79 Å². The number of hydrogen-bond donors (Lipinski definition) is 0. The second-order valence-corrected chi connectivity index (χ2v) is 5.76. The molecule has 1 aliphatic rings. The highest BCUT2D eigenvalue weighted by Crippen LogP contribution is 2.25. The van der Waals surface area contributed by atoms with Crippen LogP contribution in [0.3, 0.4) is 0 Å². The summed E-state index contributed by atoms with van der Waals surface area (Å²) in [4.78, 5) is 12.0. The molecule has 0 saturated carbocycles. The monoisotopic (exact) mass is 300 g/mol. The number of carbonyl (C=O) groups excluding carboxylic acids is 1. The van der Waals surface area contributed by atoms with E-state index in [1.165, 1.54) is 6.42 Å². The lowest BCUT2D eigenvalue weighted by Gasteiger charge is -2.22. The number of ketones is 1. The molecule has 0 aliphatic carbocycles. The third-order valence-corrected chi connectivity index (χ3v) is 4.16. The van der Waals surface area contributed by atoms with Gasteiger partial charge in [-0.05, 0) is 43.4 Å². The molecule has 0 N–H and O–H groups in total. The normalized spacial score (nSPS) is 19.4. The molecule has 19 heavy (non-hydrogen) atoms. The van der Waals surface area contributed by atoms with Gasteiger partial charge in [0.2, 0.25) is 0 Å². The van der Waals surface area contributed by atoms with Crippen LogP contribution in [0.25, 0.3) is 0 Å². The molecule has 104 valence electrons. The highest BCUT2D eigenvalue weighted by atomic mass is 35.5.